The first-order valence-corrected chi connectivity index (χ1v) is 8.67. The van der Waals surface area contributed by atoms with E-state index in [0.29, 0.717) is 5.75 Å². The van der Waals surface area contributed by atoms with Gasteiger partial charge in [-0.15, -0.1) is 10.2 Å². The predicted molar refractivity (Wildman–Crippen MR) is 94.8 cm³/mol. The Labute approximate surface area is 145 Å². The highest BCUT2D eigenvalue weighted by Crippen LogP contribution is 2.21. The number of nitrogens with zero attached hydrogens (tertiary/aromatic N) is 3. The van der Waals surface area contributed by atoms with Crippen LogP contribution in [-0.2, 0) is 0 Å². The highest BCUT2D eigenvalue weighted by molar-refractivity contribution is 7.99. The third-order valence-electron chi connectivity index (χ3n) is 3.48. The van der Waals surface area contributed by atoms with Crippen LogP contribution in [0, 0.1) is 6.92 Å². The topological polar surface area (TPSA) is 60.2 Å². The average Bonchev–Trinajstić information content (AvgIpc) is 3.08. The van der Waals surface area contributed by atoms with Gasteiger partial charge in [-0.3, -0.25) is 4.57 Å². The first-order chi connectivity index (χ1) is 11.7. The Bertz CT molecular complexity index is 777. The molecule has 0 saturated heterocycles. The number of ether oxygens (including phenoxy) is 1. The fraction of sp³-hybridized carbons (Fsp3) is 0.222. The van der Waals surface area contributed by atoms with Gasteiger partial charge in [0.15, 0.2) is 5.16 Å². The summed E-state index contributed by atoms with van der Waals surface area (Å²) in [5.74, 6) is 1.28. The van der Waals surface area contributed by atoms with Gasteiger partial charge in [-0.2, -0.15) is 0 Å². The molecule has 0 amide bonds. The Morgan fingerprint density at radius 3 is 2.67 bits per heavy atom. The molecule has 0 aliphatic carbocycles. The van der Waals surface area contributed by atoms with Crippen molar-refractivity contribution in [3.63, 3.8) is 0 Å². The number of hydrogen-bond donors (Lipinski definition) is 1. The molecule has 0 saturated carbocycles. The molecule has 0 radical (unpaired) electrons. The summed E-state index contributed by atoms with van der Waals surface area (Å²) in [5, 5.41) is 19.0. The molecule has 124 valence electrons. The van der Waals surface area contributed by atoms with E-state index in [0.717, 1.165) is 22.2 Å². The van der Waals surface area contributed by atoms with Crippen molar-refractivity contribution in [3.8, 4) is 11.4 Å². The number of aliphatic hydroxyl groups is 1. The number of aromatic nitrogens is 3. The molecule has 24 heavy (non-hydrogen) atoms. The molecule has 5 nitrogen and oxygen atoms in total. The van der Waals surface area contributed by atoms with Crippen LogP contribution in [0.2, 0.25) is 0 Å². The molecular weight excluding hydrogens is 322 g/mol. The van der Waals surface area contributed by atoms with Gasteiger partial charge in [0.05, 0.1) is 6.10 Å². The van der Waals surface area contributed by atoms with Gasteiger partial charge < -0.3 is 9.84 Å². The van der Waals surface area contributed by atoms with E-state index in [1.165, 1.54) is 11.8 Å². The summed E-state index contributed by atoms with van der Waals surface area (Å²) in [6.07, 6.45) is 1.09. The normalized spacial score (nSPS) is 12.1. The van der Waals surface area contributed by atoms with Crippen LogP contribution in [0.15, 0.2) is 66.1 Å². The van der Waals surface area contributed by atoms with Crippen molar-refractivity contribution in [3.05, 3.63) is 66.5 Å². The largest absolute Gasteiger partial charge is 0.491 e. The lowest BCUT2D eigenvalue weighted by Gasteiger charge is -2.13. The third-order valence-corrected chi connectivity index (χ3v) is 4.57. The predicted octanol–water partition coefficient (Wildman–Crippen LogP) is 3.11. The molecule has 1 heterocycles. The van der Waals surface area contributed by atoms with Crippen LogP contribution >= 0.6 is 11.8 Å². The van der Waals surface area contributed by atoms with Crippen LogP contribution in [0.4, 0.5) is 0 Å². The highest BCUT2D eigenvalue weighted by atomic mass is 32.2. The number of para-hydroxylation sites is 2. The zero-order valence-electron chi connectivity index (χ0n) is 13.4. The van der Waals surface area contributed by atoms with Gasteiger partial charge in [0, 0.05) is 11.4 Å². The van der Waals surface area contributed by atoms with Crippen LogP contribution in [0.5, 0.6) is 5.75 Å². The smallest absolute Gasteiger partial charge is 0.195 e. The van der Waals surface area contributed by atoms with E-state index in [2.05, 4.69) is 10.2 Å². The molecule has 2 aromatic carbocycles. The lowest BCUT2D eigenvalue weighted by molar-refractivity contribution is 0.126. The molecule has 6 heteroatoms. The molecule has 0 aliphatic heterocycles. The third kappa shape index (κ3) is 4.15. The molecule has 1 unspecified atom stereocenters. The summed E-state index contributed by atoms with van der Waals surface area (Å²) in [6, 6.07) is 17.7. The number of benzene rings is 2. The first kappa shape index (κ1) is 16.5. The lowest BCUT2D eigenvalue weighted by atomic mass is 10.2. The molecular formula is C18H19N3O2S. The minimum atomic E-state index is -0.587. The summed E-state index contributed by atoms with van der Waals surface area (Å²) in [7, 11) is 0. The van der Waals surface area contributed by atoms with E-state index in [1.54, 1.807) is 6.33 Å². The summed E-state index contributed by atoms with van der Waals surface area (Å²) >= 11 is 1.46. The summed E-state index contributed by atoms with van der Waals surface area (Å²) < 4.78 is 7.58. The Hall–Kier alpha value is -2.31. The van der Waals surface area contributed by atoms with Crippen molar-refractivity contribution in [1.82, 2.24) is 14.8 Å². The van der Waals surface area contributed by atoms with Crippen molar-refractivity contribution in [1.29, 1.82) is 0 Å². The van der Waals surface area contributed by atoms with Crippen LogP contribution in [0.25, 0.3) is 5.69 Å². The maximum absolute atomic E-state index is 10.2. The van der Waals surface area contributed by atoms with E-state index in [-0.39, 0.29) is 6.61 Å². The minimum Gasteiger partial charge on any atom is -0.491 e. The quantitative estimate of drug-likeness (QED) is 0.669. The van der Waals surface area contributed by atoms with Crippen molar-refractivity contribution in [2.45, 2.75) is 18.2 Å². The second-order valence-corrected chi connectivity index (χ2v) is 6.35. The molecule has 0 bridgehead atoms. The maximum atomic E-state index is 10.2. The Balaban J connectivity index is 1.55. The summed E-state index contributed by atoms with van der Waals surface area (Å²) in [5.41, 5.74) is 2.05. The van der Waals surface area contributed by atoms with Gasteiger partial charge in [0.25, 0.3) is 0 Å². The monoisotopic (exact) mass is 341 g/mol. The standard InChI is InChI=1S/C18H19N3O2S/c1-14-7-5-6-10-17(14)23-11-16(22)12-24-18-20-19-13-21(18)15-8-3-2-4-9-15/h2-10,13,16,22H,11-12H2,1H3. The fourth-order valence-electron chi connectivity index (χ4n) is 2.21. The number of aryl methyl sites for hydroxylation is 1. The molecule has 0 fully saturated rings. The molecule has 1 N–H and O–H groups in total. The average molecular weight is 341 g/mol. The highest BCUT2D eigenvalue weighted by Gasteiger charge is 2.12. The zero-order chi connectivity index (χ0) is 16.8. The fourth-order valence-corrected chi connectivity index (χ4v) is 3.05. The van der Waals surface area contributed by atoms with Gasteiger partial charge in [-0.25, -0.2) is 0 Å². The van der Waals surface area contributed by atoms with Crippen LogP contribution < -0.4 is 4.74 Å². The van der Waals surface area contributed by atoms with Crippen molar-refractivity contribution >= 4 is 11.8 Å². The maximum Gasteiger partial charge on any atom is 0.195 e. The Morgan fingerprint density at radius 1 is 1.12 bits per heavy atom. The van der Waals surface area contributed by atoms with E-state index in [9.17, 15) is 5.11 Å². The molecule has 3 rings (SSSR count). The molecule has 3 aromatic rings. The number of aliphatic hydroxyl groups excluding tert-OH is 1. The lowest BCUT2D eigenvalue weighted by Crippen LogP contribution is -2.20. The first-order valence-electron chi connectivity index (χ1n) is 7.69. The Morgan fingerprint density at radius 2 is 1.88 bits per heavy atom. The second kappa shape index (κ2) is 7.99. The zero-order valence-corrected chi connectivity index (χ0v) is 14.2. The van der Waals surface area contributed by atoms with Crippen LogP contribution in [-0.4, -0.2) is 38.3 Å². The minimum absolute atomic E-state index is 0.247. The SMILES string of the molecule is Cc1ccccc1OCC(O)CSc1nncn1-c1ccccc1. The number of rotatable bonds is 7. The van der Waals surface area contributed by atoms with Gasteiger partial charge in [0.1, 0.15) is 18.7 Å². The van der Waals surface area contributed by atoms with Crippen molar-refractivity contribution in [2.75, 3.05) is 12.4 Å². The molecule has 0 aliphatic rings. The van der Waals surface area contributed by atoms with E-state index in [1.807, 2.05) is 66.1 Å². The van der Waals surface area contributed by atoms with E-state index < -0.39 is 6.10 Å². The van der Waals surface area contributed by atoms with Crippen LogP contribution in [0.1, 0.15) is 5.56 Å². The van der Waals surface area contributed by atoms with Gasteiger partial charge in [-0.1, -0.05) is 48.2 Å². The van der Waals surface area contributed by atoms with Crippen LogP contribution in [0.3, 0.4) is 0 Å². The Kier molecular flexibility index (Phi) is 5.51. The van der Waals surface area contributed by atoms with Crippen molar-refractivity contribution in [2.24, 2.45) is 0 Å². The van der Waals surface area contributed by atoms with Gasteiger partial charge in [0.2, 0.25) is 0 Å². The molecule has 1 aromatic heterocycles. The summed E-state index contributed by atoms with van der Waals surface area (Å²) in [6.45, 7) is 2.23. The summed E-state index contributed by atoms with van der Waals surface area (Å²) in [4.78, 5) is 0. The molecule has 1 atom stereocenters. The van der Waals surface area contributed by atoms with E-state index >= 15 is 0 Å². The van der Waals surface area contributed by atoms with Gasteiger partial charge in [-0.05, 0) is 30.7 Å². The number of hydrogen-bond acceptors (Lipinski definition) is 5. The number of thioether (sulfide) groups is 1. The van der Waals surface area contributed by atoms with Crippen molar-refractivity contribution < 1.29 is 9.84 Å². The second-order valence-electron chi connectivity index (χ2n) is 5.36. The molecule has 0 spiro atoms. The van der Waals surface area contributed by atoms with E-state index in [4.69, 9.17) is 4.74 Å². The van der Waals surface area contributed by atoms with Gasteiger partial charge >= 0.3 is 0 Å².